The van der Waals surface area contributed by atoms with Gasteiger partial charge in [0, 0.05) is 19.8 Å². The van der Waals surface area contributed by atoms with Crippen molar-refractivity contribution in [3.05, 3.63) is 72.3 Å². The molecule has 1 unspecified atom stereocenters. The molecule has 0 saturated heterocycles. The minimum Gasteiger partial charge on any atom is -0.484 e. The lowest BCUT2D eigenvalue weighted by atomic mass is 10.0. The Morgan fingerprint density at radius 3 is 2.36 bits per heavy atom. The van der Waals surface area contributed by atoms with E-state index in [4.69, 9.17) is 4.74 Å². The number of hydrogen-bond acceptors (Lipinski definition) is 5. The van der Waals surface area contributed by atoms with Crippen molar-refractivity contribution in [1.29, 1.82) is 0 Å². The van der Waals surface area contributed by atoms with Crippen molar-refractivity contribution in [2.75, 3.05) is 25.6 Å². The maximum atomic E-state index is 12.6. The number of hydrazone groups is 1. The molecule has 0 saturated carbocycles. The highest BCUT2D eigenvalue weighted by Gasteiger charge is 2.24. The summed E-state index contributed by atoms with van der Waals surface area (Å²) in [6.45, 7) is 3.53. The molecule has 7 nitrogen and oxygen atoms in total. The monoisotopic (exact) mass is 446 g/mol. The second-order valence-corrected chi connectivity index (χ2v) is 8.31. The van der Waals surface area contributed by atoms with Crippen LogP contribution in [0.2, 0.25) is 0 Å². The first-order valence-electron chi connectivity index (χ1n) is 10.8. The molecule has 0 aliphatic heterocycles. The van der Waals surface area contributed by atoms with Gasteiger partial charge in [-0.1, -0.05) is 56.3 Å². The molecule has 172 valence electrons. The molecular formula is C26H30N4O3. The molecule has 7 heteroatoms. The number of fused-ring (bicyclic) bond motifs is 1. The number of anilines is 1. The topological polar surface area (TPSA) is 83.0 Å². The van der Waals surface area contributed by atoms with Gasteiger partial charge in [0.05, 0.1) is 6.21 Å². The molecule has 3 aromatic rings. The van der Waals surface area contributed by atoms with Gasteiger partial charge in [-0.2, -0.15) is 5.10 Å². The quantitative estimate of drug-likeness (QED) is 0.389. The van der Waals surface area contributed by atoms with Gasteiger partial charge in [0.15, 0.2) is 6.61 Å². The summed E-state index contributed by atoms with van der Waals surface area (Å²) < 4.78 is 5.62. The summed E-state index contributed by atoms with van der Waals surface area (Å²) >= 11 is 0. The van der Waals surface area contributed by atoms with Crippen molar-refractivity contribution in [2.24, 2.45) is 11.0 Å². The lowest BCUT2D eigenvalue weighted by Crippen LogP contribution is -2.49. The largest absolute Gasteiger partial charge is 0.484 e. The van der Waals surface area contributed by atoms with E-state index in [-0.39, 0.29) is 24.3 Å². The number of benzene rings is 3. The van der Waals surface area contributed by atoms with Crippen LogP contribution in [0.3, 0.4) is 0 Å². The number of carbonyl (C=O) groups excluding carboxylic acids is 2. The molecule has 0 spiro atoms. The van der Waals surface area contributed by atoms with Crippen LogP contribution in [-0.2, 0) is 9.59 Å². The van der Waals surface area contributed by atoms with E-state index in [1.807, 2.05) is 99.6 Å². The van der Waals surface area contributed by atoms with Gasteiger partial charge in [-0.15, -0.1) is 0 Å². The number of rotatable bonds is 9. The third kappa shape index (κ3) is 6.80. The Balaban J connectivity index is 1.52. The molecule has 0 radical (unpaired) electrons. The van der Waals surface area contributed by atoms with Crippen LogP contribution in [0.15, 0.2) is 71.8 Å². The summed E-state index contributed by atoms with van der Waals surface area (Å²) in [5.74, 6) is -0.283. The van der Waals surface area contributed by atoms with Gasteiger partial charge < -0.3 is 15.0 Å². The fourth-order valence-electron chi connectivity index (χ4n) is 3.25. The minimum atomic E-state index is -0.731. The lowest BCUT2D eigenvalue weighted by molar-refractivity contribution is -0.131. The van der Waals surface area contributed by atoms with Crippen molar-refractivity contribution in [2.45, 2.75) is 19.9 Å². The van der Waals surface area contributed by atoms with Crippen LogP contribution in [0.5, 0.6) is 5.75 Å². The number of amides is 2. The Hall–Kier alpha value is -3.87. The molecule has 0 aliphatic carbocycles. The highest BCUT2D eigenvalue weighted by Crippen LogP contribution is 2.20. The molecular weight excluding hydrogens is 416 g/mol. The molecule has 0 heterocycles. The Morgan fingerprint density at radius 1 is 1.00 bits per heavy atom. The molecule has 0 bridgehead atoms. The molecule has 0 aliphatic rings. The Kier molecular flexibility index (Phi) is 8.02. The van der Waals surface area contributed by atoms with E-state index in [2.05, 4.69) is 15.8 Å². The van der Waals surface area contributed by atoms with E-state index in [1.54, 1.807) is 6.21 Å². The molecule has 33 heavy (non-hydrogen) atoms. The summed E-state index contributed by atoms with van der Waals surface area (Å²) in [5, 5.41) is 8.89. The van der Waals surface area contributed by atoms with Gasteiger partial charge in [-0.3, -0.25) is 9.59 Å². The molecule has 0 aromatic heterocycles. The number of hydrogen-bond donors (Lipinski definition) is 2. The van der Waals surface area contributed by atoms with Gasteiger partial charge >= 0.3 is 0 Å². The first kappa shape index (κ1) is 23.8. The van der Waals surface area contributed by atoms with Gasteiger partial charge in [-0.25, -0.2) is 5.43 Å². The molecule has 2 N–H and O–H groups in total. The van der Waals surface area contributed by atoms with E-state index in [1.165, 1.54) is 0 Å². The first-order chi connectivity index (χ1) is 15.8. The first-order valence-corrected chi connectivity index (χ1v) is 10.8. The predicted molar refractivity (Wildman–Crippen MR) is 133 cm³/mol. The Morgan fingerprint density at radius 2 is 1.70 bits per heavy atom. The summed E-state index contributed by atoms with van der Waals surface area (Å²) in [5.41, 5.74) is 4.44. The van der Waals surface area contributed by atoms with Crippen LogP contribution in [0, 0.1) is 5.92 Å². The van der Waals surface area contributed by atoms with Gasteiger partial charge in [0.1, 0.15) is 11.8 Å². The fraction of sp³-hybridized carbons (Fsp3) is 0.269. The lowest BCUT2D eigenvalue weighted by Gasteiger charge is -2.20. The summed E-state index contributed by atoms with van der Waals surface area (Å²) in [6, 6.07) is 20.6. The zero-order valence-electron chi connectivity index (χ0n) is 19.4. The molecule has 0 fully saturated rings. The summed E-state index contributed by atoms with van der Waals surface area (Å²) in [4.78, 5) is 27.0. The number of nitrogens with zero attached hydrogens (tertiary/aromatic N) is 2. The number of ether oxygens (including phenoxy) is 1. The van der Waals surface area contributed by atoms with Crippen LogP contribution >= 0.6 is 0 Å². The minimum absolute atomic E-state index is 0.121. The number of nitrogens with one attached hydrogen (secondary N) is 2. The SMILES string of the molecule is CC(C)C(NC(=O)COc1ccc2ccccc2c1)C(=O)NN=Cc1ccc(N(C)C)cc1. The van der Waals surface area contributed by atoms with E-state index >= 15 is 0 Å². The van der Waals surface area contributed by atoms with Gasteiger partial charge in [-0.05, 0) is 46.5 Å². The van der Waals surface area contributed by atoms with Gasteiger partial charge in [0.25, 0.3) is 11.8 Å². The highest BCUT2D eigenvalue weighted by atomic mass is 16.5. The average Bonchev–Trinajstić information content (AvgIpc) is 2.81. The molecule has 3 rings (SSSR count). The second kappa shape index (κ2) is 11.1. The standard InChI is InChI=1S/C26H30N4O3/c1-18(2)25(26(32)29-27-16-19-9-12-22(13-10-19)30(3)4)28-24(31)17-33-23-14-11-20-7-5-6-8-21(20)15-23/h5-16,18,25H,17H2,1-4H3,(H,28,31)(H,29,32). The second-order valence-electron chi connectivity index (χ2n) is 8.31. The third-order valence-electron chi connectivity index (χ3n) is 5.15. The molecule has 2 amide bonds. The van der Waals surface area contributed by atoms with Crippen LogP contribution < -0.4 is 20.4 Å². The normalized spacial score (nSPS) is 12.0. The van der Waals surface area contributed by atoms with Crippen LogP contribution in [-0.4, -0.2) is 44.8 Å². The van der Waals surface area contributed by atoms with E-state index in [9.17, 15) is 9.59 Å². The zero-order chi connectivity index (χ0) is 23.8. The van der Waals surface area contributed by atoms with Crippen molar-refractivity contribution in [3.63, 3.8) is 0 Å². The smallest absolute Gasteiger partial charge is 0.262 e. The average molecular weight is 447 g/mol. The highest BCUT2D eigenvalue weighted by molar-refractivity contribution is 5.89. The maximum Gasteiger partial charge on any atom is 0.262 e. The Labute approximate surface area is 194 Å². The van der Waals surface area contributed by atoms with Crippen molar-refractivity contribution in [3.8, 4) is 5.75 Å². The number of carbonyl (C=O) groups is 2. The fourth-order valence-corrected chi connectivity index (χ4v) is 3.25. The maximum absolute atomic E-state index is 12.6. The summed E-state index contributed by atoms with van der Waals surface area (Å²) in [7, 11) is 3.94. The van der Waals surface area contributed by atoms with Crippen LogP contribution in [0.25, 0.3) is 10.8 Å². The Bertz CT molecular complexity index is 1120. The van der Waals surface area contributed by atoms with Gasteiger partial charge in [0.2, 0.25) is 0 Å². The van der Waals surface area contributed by atoms with E-state index in [0.717, 1.165) is 22.0 Å². The van der Waals surface area contributed by atoms with Crippen molar-refractivity contribution in [1.82, 2.24) is 10.7 Å². The van der Waals surface area contributed by atoms with Crippen molar-refractivity contribution < 1.29 is 14.3 Å². The van der Waals surface area contributed by atoms with E-state index < -0.39 is 6.04 Å². The van der Waals surface area contributed by atoms with Crippen LogP contribution in [0.4, 0.5) is 5.69 Å². The predicted octanol–water partition coefficient (Wildman–Crippen LogP) is 3.58. The van der Waals surface area contributed by atoms with Crippen LogP contribution in [0.1, 0.15) is 19.4 Å². The zero-order valence-corrected chi connectivity index (χ0v) is 19.4. The third-order valence-corrected chi connectivity index (χ3v) is 5.15. The summed E-state index contributed by atoms with van der Waals surface area (Å²) in [6.07, 6.45) is 1.57. The molecule has 1 atom stereocenters. The molecule has 3 aromatic carbocycles. The van der Waals surface area contributed by atoms with Crippen molar-refractivity contribution >= 4 is 34.5 Å². The van der Waals surface area contributed by atoms with E-state index in [0.29, 0.717) is 5.75 Å².